The van der Waals surface area contributed by atoms with Crippen LogP contribution in [0.15, 0.2) is 36.8 Å². The van der Waals surface area contributed by atoms with E-state index in [9.17, 15) is 4.79 Å². The number of amides is 2. The molecule has 2 heterocycles. The fraction of sp³-hybridized carbons (Fsp3) is 0.333. The predicted molar refractivity (Wildman–Crippen MR) is 82.0 cm³/mol. The summed E-state index contributed by atoms with van der Waals surface area (Å²) in [5, 5.41) is 15.7. The van der Waals surface area contributed by atoms with Gasteiger partial charge in [0.15, 0.2) is 5.82 Å². The van der Waals surface area contributed by atoms with Gasteiger partial charge in [-0.1, -0.05) is 0 Å². The van der Waals surface area contributed by atoms with Crippen LogP contribution < -0.4 is 5.32 Å². The van der Waals surface area contributed by atoms with Gasteiger partial charge in [-0.25, -0.2) is 4.79 Å². The van der Waals surface area contributed by atoms with Crippen LogP contribution in [0.5, 0.6) is 0 Å². The van der Waals surface area contributed by atoms with Crippen molar-refractivity contribution in [2.24, 2.45) is 0 Å². The zero-order chi connectivity index (χ0) is 15.9. The third kappa shape index (κ3) is 4.06. The Labute approximate surface area is 129 Å². The minimum absolute atomic E-state index is 0.149. The van der Waals surface area contributed by atoms with E-state index in [2.05, 4.69) is 21.5 Å². The largest absolute Gasteiger partial charge is 0.324 e. The Hall–Kier alpha value is -2.88. The van der Waals surface area contributed by atoms with Crippen LogP contribution in [-0.4, -0.2) is 38.8 Å². The van der Waals surface area contributed by atoms with Crippen molar-refractivity contribution in [3.63, 3.8) is 0 Å². The van der Waals surface area contributed by atoms with E-state index in [0.717, 1.165) is 5.56 Å². The van der Waals surface area contributed by atoms with Crippen LogP contribution in [0.2, 0.25) is 0 Å². The Morgan fingerprint density at radius 3 is 2.86 bits per heavy atom. The van der Waals surface area contributed by atoms with Crippen LogP contribution in [-0.2, 0) is 6.54 Å². The molecule has 22 heavy (non-hydrogen) atoms. The maximum absolute atomic E-state index is 12.0. The summed E-state index contributed by atoms with van der Waals surface area (Å²) in [5.74, 6) is 0.482. The highest BCUT2D eigenvalue weighted by molar-refractivity contribution is 5.88. The number of carbonyl (C=O) groups is 1. The first-order valence-electron chi connectivity index (χ1n) is 6.93. The third-order valence-corrected chi connectivity index (χ3v) is 3.34. The molecule has 0 bridgehead atoms. The van der Waals surface area contributed by atoms with Crippen molar-refractivity contribution in [1.29, 1.82) is 5.26 Å². The molecule has 0 fully saturated rings. The molecule has 0 unspecified atom stereocenters. The zero-order valence-electron chi connectivity index (χ0n) is 12.6. The molecule has 2 aromatic heterocycles. The number of rotatable bonds is 5. The van der Waals surface area contributed by atoms with E-state index in [-0.39, 0.29) is 12.1 Å². The van der Waals surface area contributed by atoms with E-state index in [1.54, 1.807) is 36.4 Å². The van der Waals surface area contributed by atoms with Gasteiger partial charge in [0.25, 0.3) is 0 Å². The van der Waals surface area contributed by atoms with Gasteiger partial charge in [-0.3, -0.25) is 15.0 Å². The van der Waals surface area contributed by atoms with Gasteiger partial charge in [-0.2, -0.15) is 10.4 Å². The number of hydrogen-bond donors (Lipinski definition) is 1. The van der Waals surface area contributed by atoms with Crippen LogP contribution in [0.25, 0.3) is 0 Å². The van der Waals surface area contributed by atoms with Crippen molar-refractivity contribution in [3.05, 3.63) is 42.4 Å². The lowest BCUT2D eigenvalue weighted by Crippen LogP contribution is -2.38. The van der Waals surface area contributed by atoms with Gasteiger partial charge in [0.05, 0.1) is 19.0 Å². The number of anilines is 1. The summed E-state index contributed by atoms with van der Waals surface area (Å²) in [5.41, 5.74) is 1.08. The third-order valence-electron chi connectivity index (χ3n) is 3.34. The molecule has 0 saturated carbocycles. The number of urea groups is 1. The standard InChI is InChI=1S/C15H18N6O/c1-12(3-7-16)20(2)15(22)18-14-6-10-21(19-14)11-13-4-8-17-9-5-13/h4-6,8-10,12H,3,11H2,1-2H3,(H,18,19,22)/t12-/m1/s1. The molecular formula is C15H18N6O. The summed E-state index contributed by atoms with van der Waals surface area (Å²) in [4.78, 5) is 17.5. The minimum Gasteiger partial charge on any atom is -0.324 e. The second-order valence-corrected chi connectivity index (χ2v) is 5.01. The van der Waals surface area contributed by atoms with Crippen LogP contribution in [0.1, 0.15) is 18.9 Å². The van der Waals surface area contributed by atoms with E-state index >= 15 is 0 Å². The van der Waals surface area contributed by atoms with Crippen LogP contribution in [0.3, 0.4) is 0 Å². The fourth-order valence-corrected chi connectivity index (χ4v) is 1.86. The van der Waals surface area contributed by atoms with Crippen molar-refractivity contribution in [1.82, 2.24) is 19.7 Å². The molecule has 7 nitrogen and oxygen atoms in total. The number of carbonyl (C=O) groups excluding carboxylic acids is 1. The molecule has 114 valence electrons. The molecule has 0 aliphatic rings. The number of nitrogens with zero attached hydrogens (tertiary/aromatic N) is 5. The lowest BCUT2D eigenvalue weighted by molar-refractivity contribution is 0.208. The maximum atomic E-state index is 12.0. The van der Waals surface area contributed by atoms with E-state index < -0.39 is 0 Å². The molecule has 2 aromatic rings. The summed E-state index contributed by atoms with van der Waals surface area (Å²) in [6.45, 7) is 2.43. The van der Waals surface area contributed by atoms with Gasteiger partial charge in [-0.15, -0.1) is 0 Å². The highest BCUT2D eigenvalue weighted by atomic mass is 16.2. The number of nitrogens with one attached hydrogen (secondary N) is 1. The summed E-state index contributed by atoms with van der Waals surface area (Å²) in [7, 11) is 1.66. The number of aromatic nitrogens is 3. The number of pyridine rings is 1. The van der Waals surface area contributed by atoms with E-state index in [0.29, 0.717) is 18.8 Å². The zero-order valence-corrected chi connectivity index (χ0v) is 12.6. The van der Waals surface area contributed by atoms with E-state index in [4.69, 9.17) is 5.26 Å². The van der Waals surface area contributed by atoms with E-state index in [1.807, 2.05) is 19.1 Å². The first-order valence-corrected chi connectivity index (χ1v) is 6.93. The average molecular weight is 298 g/mol. The van der Waals surface area contributed by atoms with Gasteiger partial charge >= 0.3 is 6.03 Å². The molecular weight excluding hydrogens is 280 g/mol. The van der Waals surface area contributed by atoms with Crippen LogP contribution in [0, 0.1) is 11.3 Å². The Bertz CT molecular complexity index is 660. The van der Waals surface area contributed by atoms with Crippen molar-refractivity contribution in [3.8, 4) is 6.07 Å². The Morgan fingerprint density at radius 2 is 2.18 bits per heavy atom. The Morgan fingerprint density at radius 1 is 1.45 bits per heavy atom. The second-order valence-electron chi connectivity index (χ2n) is 5.01. The molecule has 0 radical (unpaired) electrons. The normalized spacial score (nSPS) is 11.5. The average Bonchev–Trinajstić information content (AvgIpc) is 2.94. The smallest absolute Gasteiger partial charge is 0.323 e. The summed E-state index contributed by atoms with van der Waals surface area (Å²) in [6, 6.07) is 7.19. The lowest BCUT2D eigenvalue weighted by Gasteiger charge is -2.22. The van der Waals surface area contributed by atoms with Gasteiger partial charge in [-0.05, 0) is 24.6 Å². The molecule has 0 spiro atoms. The molecule has 0 aromatic carbocycles. The van der Waals surface area contributed by atoms with Crippen molar-refractivity contribution < 1.29 is 4.79 Å². The molecule has 0 aliphatic carbocycles. The van der Waals surface area contributed by atoms with Crippen molar-refractivity contribution in [2.45, 2.75) is 25.9 Å². The fourth-order valence-electron chi connectivity index (χ4n) is 1.86. The maximum Gasteiger partial charge on any atom is 0.323 e. The molecule has 7 heteroatoms. The lowest BCUT2D eigenvalue weighted by atomic mass is 10.2. The number of nitriles is 1. The van der Waals surface area contributed by atoms with E-state index in [1.165, 1.54) is 4.90 Å². The van der Waals surface area contributed by atoms with Crippen molar-refractivity contribution >= 4 is 11.8 Å². The summed E-state index contributed by atoms with van der Waals surface area (Å²) in [6.07, 6.45) is 5.55. The first-order chi connectivity index (χ1) is 10.6. The molecule has 2 rings (SSSR count). The van der Waals surface area contributed by atoms with Gasteiger partial charge < -0.3 is 4.90 Å². The van der Waals surface area contributed by atoms with Gasteiger partial charge in [0.2, 0.25) is 0 Å². The molecule has 2 amide bonds. The van der Waals surface area contributed by atoms with Gasteiger partial charge in [0.1, 0.15) is 0 Å². The highest BCUT2D eigenvalue weighted by Gasteiger charge is 2.16. The summed E-state index contributed by atoms with van der Waals surface area (Å²) >= 11 is 0. The molecule has 0 aliphatic heterocycles. The SMILES string of the molecule is C[C@H](CC#N)N(C)C(=O)Nc1ccn(Cc2ccncc2)n1. The van der Waals surface area contributed by atoms with Crippen LogP contribution in [0.4, 0.5) is 10.6 Å². The minimum atomic E-state index is -0.281. The quantitative estimate of drug-likeness (QED) is 0.915. The monoisotopic (exact) mass is 298 g/mol. The highest BCUT2D eigenvalue weighted by Crippen LogP contribution is 2.08. The first kappa shape index (κ1) is 15.5. The Balaban J connectivity index is 1.94. The second kappa shape index (κ2) is 7.22. The summed E-state index contributed by atoms with van der Waals surface area (Å²) < 4.78 is 1.74. The topological polar surface area (TPSA) is 86.8 Å². The van der Waals surface area contributed by atoms with Crippen LogP contribution >= 0.6 is 0 Å². The molecule has 0 saturated heterocycles. The molecule has 1 atom stereocenters. The van der Waals surface area contributed by atoms with Gasteiger partial charge in [0, 0.05) is 37.7 Å². The predicted octanol–water partition coefficient (Wildman–Crippen LogP) is 2.09. The molecule has 1 N–H and O–H groups in total. The number of hydrogen-bond acceptors (Lipinski definition) is 4. The Kier molecular flexibility index (Phi) is 5.09. The van der Waals surface area contributed by atoms with Crippen molar-refractivity contribution in [2.75, 3.05) is 12.4 Å².